The normalized spacial score (nSPS) is 20.5. The summed E-state index contributed by atoms with van der Waals surface area (Å²) in [7, 11) is 1.83. The van der Waals surface area contributed by atoms with Crippen LogP contribution in [0.1, 0.15) is 37.4 Å². The number of hydrogen-bond donors (Lipinski definition) is 1. The molecule has 4 rings (SSSR count). The van der Waals surface area contributed by atoms with Crippen molar-refractivity contribution in [3.8, 4) is 11.4 Å². The second-order valence-electron chi connectivity index (χ2n) is 7.79. The molecular formula is C21H27ClN4O2. The number of aliphatic carboxylic acids is 1. The second-order valence-corrected chi connectivity index (χ2v) is 8.15. The molecule has 1 saturated carbocycles. The standard InChI is InChI=1S/C21H27ClN4O2/c1-24-19(22)17(23-20(24)15-7-3-2-4-8-15)18(21(27)28)26-13-11-25(12-14-26)16-9-5-6-10-16/h2-4,7-8,16,18H,5-6,9-14H2,1H3,(H,27,28). The van der Waals surface area contributed by atoms with E-state index < -0.39 is 12.0 Å². The summed E-state index contributed by atoms with van der Waals surface area (Å²) in [6.07, 6.45) is 5.17. The number of carbonyl (C=O) groups is 1. The molecule has 1 aliphatic heterocycles. The molecule has 0 bridgehead atoms. The Hall–Kier alpha value is -1.89. The van der Waals surface area contributed by atoms with Gasteiger partial charge in [0.05, 0.1) is 0 Å². The first-order chi connectivity index (χ1) is 13.6. The van der Waals surface area contributed by atoms with E-state index in [9.17, 15) is 9.90 Å². The van der Waals surface area contributed by atoms with Gasteiger partial charge in [0.15, 0.2) is 6.04 Å². The van der Waals surface area contributed by atoms with Crippen molar-refractivity contribution in [1.29, 1.82) is 0 Å². The summed E-state index contributed by atoms with van der Waals surface area (Å²) in [4.78, 5) is 21.4. The maximum absolute atomic E-state index is 12.2. The van der Waals surface area contributed by atoms with Crippen molar-refractivity contribution in [3.63, 3.8) is 0 Å². The number of hydrogen-bond acceptors (Lipinski definition) is 4. The minimum Gasteiger partial charge on any atom is -0.480 e. The van der Waals surface area contributed by atoms with E-state index in [2.05, 4.69) is 9.88 Å². The molecule has 2 heterocycles. The number of carboxylic acid groups (broad SMARTS) is 1. The Bertz CT molecular complexity index is 824. The fourth-order valence-corrected chi connectivity index (χ4v) is 4.82. The van der Waals surface area contributed by atoms with Gasteiger partial charge in [-0.05, 0) is 12.8 Å². The largest absolute Gasteiger partial charge is 0.480 e. The third-order valence-corrected chi connectivity index (χ3v) is 6.58. The van der Waals surface area contributed by atoms with Gasteiger partial charge < -0.3 is 9.67 Å². The summed E-state index contributed by atoms with van der Waals surface area (Å²) in [6.45, 7) is 3.26. The Morgan fingerprint density at radius 1 is 1.14 bits per heavy atom. The Labute approximate surface area is 170 Å². The number of nitrogens with zero attached hydrogens (tertiary/aromatic N) is 4. The lowest BCUT2D eigenvalue weighted by Crippen LogP contribution is -2.51. The fraction of sp³-hybridized carbons (Fsp3) is 0.524. The molecule has 2 aliphatic rings. The topological polar surface area (TPSA) is 61.6 Å². The first kappa shape index (κ1) is 19.4. The number of aromatic nitrogens is 2. The van der Waals surface area contributed by atoms with Crippen molar-refractivity contribution in [3.05, 3.63) is 41.2 Å². The van der Waals surface area contributed by atoms with Crippen LogP contribution < -0.4 is 0 Å². The van der Waals surface area contributed by atoms with E-state index in [1.54, 1.807) is 4.57 Å². The van der Waals surface area contributed by atoms with E-state index in [0.717, 1.165) is 31.7 Å². The van der Waals surface area contributed by atoms with Crippen molar-refractivity contribution in [2.75, 3.05) is 26.2 Å². The van der Waals surface area contributed by atoms with Gasteiger partial charge in [0.1, 0.15) is 16.7 Å². The smallest absolute Gasteiger partial charge is 0.327 e. The summed E-state index contributed by atoms with van der Waals surface area (Å²) >= 11 is 6.55. The van der Waals surface area contributed by atoms with Gasteiger partial charge in [0.2, 0.25) is 0 Å². The molecule has 150 valence electrons. The van der Waals surface area contributed by atoms with Gasteiger partial charge in [-0.15, -0.1) is 0 Å². The molecule has 1 atom stereocenters. The SMILES string of the molecule is Cn1c(-c2ccccc2)nc(C(C(=O)O)N2CCN(C3CCCC3)CC2)c1Cl. The molecule has 1 unspecified atom stereocenters. The maximum Gasteiger partial charge on any atom is 0.327 e. The summed E-state index contributed by atoms with van der Waals surface area (Å²) in [5.41, 5.74) is 1.36. The summed E-state index contributed by atoms with van der Waals surface area (Å²) < 4.78 is 1.77. The van der Waals surface area contributed by atoms with Crippen molar-refractivity contribution >= 4 is 17.6 Å². The van der Waals surface area contributed by atoms with E-state index in [-0.39, 0.29) is 0 Å². The lowest BCUT2D eigenvalue weighted by molar-refractivity contribution is -0.144. The zero-order valence-electron chi connectivity index (χ0n) is 16.2. The van der Waals surface area contributed by atoms with Crippen LogP contribution in [0.15, 0.2) is 30.3 Å². The van der Waals surface area contributed by atoms with Gasteiger partial charge in [0, 0.05) is 44.8 Å². The van der Waals surface area contributed by atoms with Crippen molar-refractivity contribution in [2.24, 2.45) is 7.05 Å². The van der Waals surface area contributed by atoms with E-state index >= 15 is 0 Å². The zero-order chi connectivity index (χ0) is 19.7. The minimum absolute atomic E-state index is 0.393. The Morgan fingerprint density at radius 2 is 1.79 bits per heavy atom. The Kier molecular flexibility index (Phi) is 5.71. The average Bonchev–Trinajstić information content (AvgIpc) is 3.34. The molecule has 1 aromatic carbocycles. The molecule has 6 nitrogen and oxygen atoms in total. The number of rotatable bonds is 5. The van der Waals surface area contributed by atoms with E-state index in [0.29, 0.717) is 22.7 Å². The van der Waals surface area contributed by atoms with Crippen LogP contribution in [0, 0.1) is 0 Å². The van der Waals surface area contributed by atoms with Crippen molar-refractivity contribution in [1.82, 2.24) is 19.4 Å². The number of piperazine rings is 1. The van der Waals surface area contributed by atoms with Gasteiger partial charge in [-0.1, -0.05) is 54.8 Å². The van der Waals surface area contributed by atoms with Crippen LogP contribution in [0.25, 0.3) is 11.4 Å². The van der Waals surface area contributed by atoms with Gasteiger partial charge in [-0.25, -0.2) is 4.98 Å². The number of imidazole rings is 1. The molecule has 2 aromatic rings. The van der Waals surface area contributed by atoms with Gasteiger partial charge in [-0.3, -0.25) is 14.6 Å². The first-order valence-electron chi connectivity index (χ1n) is 10.0. The molecule has 2 fully saturated rings. The predicted octanol–water partition coefficient (Wildman–Crippen LogP) is 3.43. The quantitative estimate of drug-likeness (QED) is 0.830. The number of benzene rings is 1. The lowest BCUT2D eigenvalue weighted by Gasteiger charge is -2.40. The average molecular weight is 403 g/mol. The summed E-state index contributed by atoms with van der Waals surface area (Å²) in [5.74, 6) is -0.203. The van der Waals surface area contributed by atoms with Crippen LogP contribution in [0.3, 0.4) is 0 Å². The highest BCUT2D eigenvalue weighted by molar-refractivity contribution is 6.30. The van der Waals surface area contributed by atoms with Crippen molar-refractivity contribution < 1.29 is 9.90 Å². The highest BCUT2D eigenvalue weighted by atomic mass is 35.5. The molecule has 1 aromatic heterocycles. The molecule has 0 radical (unpaired) electrons. The Balaban J connectivity index is 1.56. The molecule has 1 aliphatic carbocycles. The van der Waals surface area contributed by atoms with E-state index in [4.69, 9.17) is 11.6 Å². The third kappa shape index (κ3) is 3.69. The van der Waals surface area contributed by atoms with Crippen LogP contribution in [-0.2, 0) is 11.8 Å². The van der Waals surface area contributed by atoms with Crippen LogP contribution in [0.4, 0.5) is 0 Å². The molecule has 1 saturated heterocycles. The van der Waals surface area contributed by atoms with Crippen molar-refractivity contribution in [2.45, 2.75) is 37.8 Å². The monoisotopic (exact) mass is 402 g/mol. The number of halogens is 1. The molecule has 0 spiro atoms. The highest BCUT2D eigenvalue weighted by Gasteiger charge is 2.36. The molecular weight excluding hydrogens is 376 g/mol. The fourth-order valence-electron chi connectivity index (χ4n) is 4.60. The third-order valence-electron chi connectivity index (χ3n) is 6.13. The molecule has 28 heavy (non-hydrogen) atoms. The molecule has 7 heteroatoms. The number of carboxylic acids is 1. The zero-order valence-corrected chi connectivity index (χ0v) is 17.0. The van der Waals surface area contributed by atoms with Gasteiger partial charge in [-0.2, -0.15) is 0 Å². The first-order valence-corrected chi connectivity index (χ1v) is 10.4. The van der Waals surface area contributed by atoms with Crippen LogP contribution in [-0.4, -0.2) is 62.6 Å². The molecule has 1 N–H and O–H groups in total. The van der Waals surface area contributed by atoms with Gasteiger partial charge >= 0.3 is 5.97 Å². The minimum atomic E-state index is -0.895. The highest BCUT2D eigenvalue weighted by Crippen LogP contribution is 2.33. The van der Waals surface area contributed by atoms with Gasteiger partial charge in [0.25, 0.3) is 0 Å². The molecule has 0 amide bonds. The maximum atomic E-state index is 12.2. The summed E-state index contributed by atoms with van der Waals surface area (Å²) in [6, 6.07) is 9.59. The predicted molar refractivity (Wildman–Crippen MR) is 109 cm³/mol. The van der Waals surface area contributed by atoms with Crippen LogP contribution >= 0.6 is 11.6 Å². The summed E-state index contributed by atoms with van der Waals surface area (Å²) in [5, 5.41) is 10.4. The Morgan fingerprint density at radius 3 is 2.39 bits per heavy atom. The van der Waals surface area contributed by atoms with Crippen LogP contribution in [0.2, 0.25) is 5.15 Å². The lowest BCUT2D eigenvalue weighted by atomic mass is 10.1. The van der Waals surface area contributed by atoms with E-state index in [1.165, 1.54) is 25.7 Å². The van der Waals surface area contributed by atoms with Crippen LogP contribution in [0.5, 0.6) is 0 Å². The second kappa shape index (κ2) is 8.23. The van der Waals surface area contributed by atoms with E-state index in [1.807, 2.05) is 42.3 Å².